The highest BCUT2D eigenvalue weighted by Gasteiger charge is 2.31. The number of unbranched alkanes of at least 4 members (excludes halogenated alkanes) is 2. The summed E-state index contributed by atoms with van der Waals surface area (Å²) in [5, 5.41) is 0. The SMILES string of the molecule is C=CCn1c(C)c(C(N)=O)c(-c2ccc(C(F)(F)F)cc2)c1CCCCC. The first-order valence-corrected chi connectivity index (χ1v) is 9.02. The molecule has 0 aliphatic carbocycles. The Morgan fingerprint density at radius 3 is 2.33 bits per heavy atom. The van der Waals surface area contributed by atoms with Crippen molar-refractivity contribution in [1.29, 1.82) is 0 Å². The number of hydrogen-bond donors (Lipinski definition) is 1. The van der Waals surface area contributed by atoms with Gasteiger partial charge in [-0.2, -0.15) is 13.2 Å². The summed E-state index contributed by atoms with van der Waals surface area (Å²) in [7, 11) is 0. The number of alkyl halides is 3. The van der Waals surface area contributed by atoms with Crippen molar-refractivity contribution in [1.82, 2.24) is 4.57 Å². The maximum atomic E-state index is 12.9. The van der Waals surface area contributed by atoms with Crippen LogP contribution < -0.4 is 5.73 Å². The molecular formula is C21H25F3N2O. The molecule has 27 heavy (non-hydrogen) atoms. The molecule has 2 rings (SSSR count). The Balaban J connectivity index is 2.65. The molecule has 1 aromatic carbocycles. The second-order valence-electron chi connectivity index (χ2n) is 6.58. The number of carbonyl (C=O) groups excluding carboxylic acids is 1. The van der Waals surface area contributed by atoms with Crippen molar-refractivity contribution in [2.75, 3.05) is 0 Å². The maximum Gasteiger partial charge on any atom is 0.416 e. The second kappa shape index (κ2) is 8.46. The number of hydrogen-bond acceptors (Lipinski definition) is 1. The molecule has 0 saturated carbocycles. The van der Waals surface area contributed by atoms with Crippen molar-refractivity contribution < 1.29 is 18.0 Å². The molecule has 1 aromatic heterocycles. The predicted octanol–water partition coefficient (Wildman–Crippen LogP) is 5.50. The van der Waals surface area contributed by atoms with Gasteiger partial charge in [0.25, 0.3) is 5.91 Å². The van der Waals surface area contributed by atoms with Crippen LogP contribution in [0, 0.1) is 6.92 Å². The number of rotatable bonds is 8. The van der Waals surface area contributed by atoms with Crippen LogP contribution in [0.1, 0.15) is 53.5 Å². The van der Waals surface area contributed by atoms with Crippen LogP contribution in [0.3, 0.4) is 0 Å². The van der Waals surface area contributed by atoms with Gasteiger partial charge in [0.2, 0.25) is 0 Å². The molecule has 0 aliphatic rings. The molecule has 0 spiro atoms. The standard InChI is InChI=1S/C21H25F3N2O/c1-4-6-7-8-17-19(15-9-11-16(12-10-15)21(22,23)24)18(20(25)27)14(3)26(17)13-5-2/h5,9-12H,2,4,6-8,13H2,1,3H3,(H2,25,27). The summed E-state index contributed by atoms with van der Waals surface area (Å²) in [5.74, 6) is -0.582. The van der Waals surface area contributed by atoms with E-state index in [1.54, 1.807) is 13.0 Å². The van der Waals surface area contributed by atoms with Crippen molar-refractivity contribution >= 4 is 5.91 Å². The van der Waals surface area contributed by atoms with E-state index >= 15 is 0 Å². The second-order valence-corrected chi connectivity index (χ2v) is 6.58. The predicted molar refractivity (Wildman–Crippen MR) is 102 cm³/mol. The molecular weight excluding hydrogens is 353 g/mol. The van der Waals surface area contributed by atoms with Gasteiger partial charge in [0, 0.05) is 23.5 Å². The minimum atomic E-state index is -4.40. The van der Waals surface area contributed by atoms with E-state index < -0.39 is 17.6 Å². The van der Waals surface area contributed by atoms with Gasteiger partial charge in [-0.15, -0.1) is 6.58 Å². The van der Waals surface area contributed by atoms with Gasteiger partial charge in [-0.1, -0.05) is 38.0 Å². The molecule has 0 aliphatic heterocycles. The van der Waals surface area contributed by atoms with Crippen molar-refractivity contribution in [2.45, 2.75) is 52.3 Å². The van der Waals surface area contributed by atoms with Gasteiger partial charge in [0.15, 0.2) is 0 Å². The average molecular weight is 378 g/mol. The average Bonchev–Trinajstić information content (AvgIpc) is 2.87. The minimum Gasteiger partial charge on any atom is -0.366 e. The highest BCUT2D eigenvalue weighted by atomic mass is 19.4. The van der Waals surface area contributed by atoms with E-state index in [-0.39, 0.29) is 0 Å². The zero-order valence-electron chi connectivity index (χ0n) is 15.7. The number of aromatic nitrogens is 1. The first-order chi connectivity index (χ1) is 12.7. The normalized spacial score (nSPS) is 11.6. The quantitative estimate of drug-likeness (QED) is 0.478. The smallest absolute Gasteiger partial charge is 0.366 e. The summed E-state index contributed by atoms with van der Waals surface area (Å²) >= 11 is 0. The number of nitrogens with zero attached hydrogens (tertiary/aromatic N) is 1. The molecule has 1 amide bonds. The van der Waals surface area contributed by atoms with Gasteiger partial charge < -0.3 is 10.3 Å². The minimum absolute atomic E-state index is 0.364. The fourth-order valence-electron chi connectivity index (χ4n) is 3.41. The Labute approximate surface area is 157 Å². The van der Waals surface area contributed by atoms with Crippen LogP contribution in [0.5, 0.6) is 0 Å². The third-order valence-electron chi connectivity index (χ3n) is 4.71. The summed E-state index contributed by atoms with van der Waals surface area (Å²) in [4.78, 5) is 12.1. The number of primary amides is 1. The van der Waals surface area contributed by atoms with E-state index in [4.69, 9.17) is 5.73 Å². The zero-order chi connectivity index (χ0) is 20.2. The highest BCUT2D eigenvalue weighted by Crippen LogP contribution is 2.36. The number of nitrogens with two attached hydrogens (primary N) is 1. The molecule has 0 saturated heterocycles. The van der Waals surface area contributed by atoms with Crippen molar-refractivity contribution in [3.8, 4) is 11.1 Å². The summed E-state index contributed by atoms with van der Waals surface area (Å²) in [6.45, 7) is 8.18. The van der Waals surface area contributed by atoms with E-state index in [1.165, 1.54) is 12.1 Å². The van der Waals surface area contributed by atoms with Gasteiger partial charge >= 0.3 is 6.18 Å². The van der Waals surface area contributed by atoms with E-state index in [0.717, 1.165) is 37.1 Å². The van der Waals surface area contributed by atoms with Gasteiger partial charge in [-0.25, -0.2) is 0 Å². The Bertz CT molecular complexity index is 817. The van der Waals surface area contributed by atoms with Crippen LogP contribution in [-0.2, 0) is 19.1 Å². The van der Waals surface area contributed by atoms with Crippen molar-refractivity contribution in [3.05, 3.63) is 59.4 Å². The molecule has 6 heteroatoms. The number of benzene rings is 1. The number of allylic oxidation sites excluding steroid dienone is 1. The van der Waals surface area contributed by atoms with Gasteiger partial charge in [-0.3, -0.25) is 4.79 Å². The van der Waals surface area contributed by atoms with Crippen LogP contribution in [0.25, 0.3) is 11.1 Å². The molecule has 3 nitrogen and oxygen atoms in total. The maximum absolute atomic E-state index is 12.9. The zero-order valence-corrected chi connectivity index (χ0v) is 15.7. The van der Waals surface area contributed by atoms with Gasteiger partial charge in [0.1, 0.15) is 0 Å². The van der Waals surface area contributed by atoms with E-state index in [9.17, 15) is 18.0 Å². The molecule has 0 bridgehead atoms. The van der Waals surface area contributed by atoms with Crippen LogP contribution in [-0.4, -0.2) is 10.5 Å². The van der Waals surface area contributed by atoms with Crippen LogP contribution in [0.15, 0.2) is 36.9 Å². The fourth-order valence-corrected chi connectivity index (χ4v) is 3.41. The molecule has 2 aromatic rings. The number of carbonyl (C=O) groups is 1. The fraction of sp³-hybridized carbons (Fsp3) is 0.381. The van der Waals surface area contributed by atoms with Gasteiger partial charge in [-0.05, 0) is 37.5 Å². The largest absolute Gasteiger partial charge is 0.416 e. The van der Waals surface area contributed by atoms with Gasteiger partial charge in [0.05, 0.1) is 11.1 Å². The Morgan fingerprint density at radius 1 is 1.22 bits per heavy atom. The molecule has 0 unspecified atom stereocenters. The monoisotopic (exact) mass is 378 g/mol. The lowest BCUT2D eigenvalue weighted by atomic mass is 9.96. The molecule has 2 N–H and O–H groups in total. The lowest BCUT2D eigenvalue weighted by molar-refractivity contribution is -0.137. The summed E-state index contributed by atoms with van der Waals surface area (Å²) in [5.41, 5.74) is 8.09. The summed E-state index contributed by atoms with van der Waals surface area (Å²) in [6, 6.07) is 4.89. The van der Waals surface area contributed by atoms with E-state index in [2.05, 4.69) is 13.5 Å². The third-order valence-corrected chi connectivity index (χ3v) is 4.71. The highest BCUT2D eigenvalue weighted by molar-refractivity contribution is 6.02. The molecule has 0 fully saturated rings. The molecule has 1 heterocycles. The number of amides is 1. The lowest BCUT2D eigenvalue weighted by Crippen LogP contribution is -2.13. The lowest BCUT2D eigenvalue weighted by Gasteiger charge is -2.12. The topological polar surface area (TPSA) is 48.0 Å². The van der Waals surface area contributed by atoms with E-state index in [1.807, 2.05) is 4.57 Å². The van der Waals surface area contributed by atoms with Crippen molar-refractivity contribution in [2.24, 2.45) is 5.73 Å². The molecule has 146 valence electrons. The van der Waals surface area contributed by atoms with Crippen molar-refractivity contribution in [3.63, 3.8) is 0 Å². The van der Waals surface area contributed by atoms with Crippen LogP contribution >= 0.6 is 0 Å². The van der Waals surface area contributed by atoms with Crippen LogP contribution in [0.2, 0.25) is 0 Å². The number of halogens is 3. The first kappa shape index (κ1) is 20.8. The first-order valence-electron chi connectivity index (χ1n) is 9.02. The molecule has 0 atom stereocenters. The van der Waals surface area contributed by atoms with E-state index in [0.29, 0.717) is 35.3 Å². The Hall–Kier alpha value is -2.50. The third kappa shape index (κ3) is 4.43. The molecule has 0 radical (unpaired) electrons. The van der Waals surface area contributed by atoms with Crippen LogP contribution in [0.4, 0.5) is 13.2 Å². The Morgan fingerprint density at radius 2 is 1.85 bits per heavy atom. The summed E-state index contributed by atoms with van der Waals surface area (Å²) in [6.07, 6.45) is 1.03. The Kier molecular flexibility index (Phi) is 6.52. The summed E-state index contributed by atoms with van der Waals surface area (Å²) < 4.78 is 40.7.